The van der Waals surface area contributed by atoms with Gasteiger partial charge in [-0.25, -0.2) is 0 Å². The predicted octanol–water partition coefficient (Wildman–Crippen LogP) is 4.17. The highest BCUT2D eigenvalue weighted by Crippen LogP contribution is 2.18. The summed E-state index contributed by atoms with van der Waals surface area (Å²) in [5.74, 6) is 2.92. The summed E-state index contributed by atoms with van der Waals surface area (Å²) in [6.45, 7) is 6.84. The van der Waals surface area contributed by atoms with Crippen LogP contribution >= 0.6 is 23.4 Å². The monoisotopic (exact) mass is 208 g/mol. The van der Waals surface area contributed by atoms with Crippen LogP contribution in [-0.4, -0.2) is 16.9 Å². The first kappa shape index (κ1) is 12.6. The second kappa shape index (κ2) is 8.25. The number of hydrogen-bond acceptors (Lipinski definition) is 1. The van der Waals surface area contributed by atoms with Crippen molar-refractivity contribution in [2.75, 3.05) is 11.6 Å². The minimum absolute atomic E-state index is 0.805. The molecule has 0 aliphatic rings. The molecule has 0 bridgehead atoms. The standard InChI is InChI=1S/C10H21ClS/c1-4-10(3)12-8-6-9(2)5-7-11/h9-10H,4-8H2,1-3H3. The maximum Gasteiger partial charge on any atom is 0.0225 e. The molecule has 0 saturated carbocycles. The van der Waals surface area contributed by atoms with E-state index in [1.165, 1.54) is 25.0 Å². The van der Waals surface area contributed by atoms with Crippen LogP contribution in [0.5, 0.6) is 0 Å². The van der Waals surface area contributed by atoms with Gasteiger partial charge in [0.2, 0.25) is 0 Å². The van der Waals surface area contributed by atoms with E-state index in [1.54, 1.807) is 0 Å². The molecule has 0 rings (SSSR count). The molecule has 0 aromatic carbocycles. The van der Waals surface area contributed by atoms with Gasteiger partial charge in [0.25, 0.3) is 0 Å². The Bertz CT molecular complexity index is 95.8. The van der Waals surface area contributed by atoms with E-state index in [0.717, 1.165) is 17.0 Å². The summed E-state index contributed by atoms with van der Waals surface area (Å²) in [5, 5.41) is 0.827. The highest BCUT2D eigenvalue weighted by molar-refractivity contribution is 7.99. The van der Waals surface area contributed by atoms with Gasteiger partial charge in [0.05, 0.1) is 0 Å². The topological polar surface area (TPSA) is 0 Å². The molecule has 0 nitrogen and oxygen atoms in total. The Kier molecular flexibility index (Phi) is 8.69. The molecule has 12 heavy (non-hydrogen) atoms. The minimum atomic E-state index is 0.805. The van der Waals surface area contributed by atoms with Gasteiger partial charge in [-0.2, -0.15) is 11.8 Å². The lowest BCUT2D eigenvalue weighted by Gasteiger charge is -2.11. The average molecular weight is 209 g/mol. The van der Waals surface area contributed by atoms with Gasteiger partial charge in [0.1, 0.15) is 0 Å². The van der Waals surface area contributed by atoms with Crippen molar-refractivity contribution in [2.45, 2.75) is 45.3 Å². The maximum atomic E-state index is 5.66. The van der Waals surface area contributed by atoms with Crippen molar-refractivity contribution in [3.63, 3.8) is 0 Å². The van der Waals surface area contributed by atoms with Crippen LogP contribution in [0.3, 0.4) is 0 Å². The molecule has 0 aromatic heterocycles. The van der Waals surface area contributed by atoms with Crippen LogP contribution in [-0.2, 0) is 0 Å². The van der Waals surface area contributed by atoms with Gasteiger partial charge in [0, 0.05) is 11.1 Å². The summed E-state index contributed by atoms with van der Waals surface area (Å²) < 4.78 is 0. The zero-order chi connectivity index (χ0) is 9.40. The van der Waals surface area contributed by atoms with Gasteiger partial charge in [0.15, 0.2) is 0 Å². The zero-order valence-electron chi connectivity index (χ0n) is 8.48. The molecular formula is C10H21ClS. The molecule has 0 aromatic rings. The molecule has 0 N–H and O–H groups in total. The lowest BCUT2D eigenvalue weighted by molar-refractivity contribution is 0.551. The highest BCUT2D eigenvalue weighted by Gasteiger charge is 2.03. The Morgan fingerprint density at radius 3 is 2.42 bits per heavy atom. The van der Waals surface area contributed by atoms with Crippen LogP contribution in [0, 0.1) is 5.92 Å². The Morgan fingerprint density at radius 1 is 1.25 bits per heavy atom. The first-order chi connectivity index (χ1) is 5.70. The molecule has 0 saturated heterocycles. The first-order valence-corrected chi connectivity index (χ1v) is 6.46. The van der Waals surface area contributed by atoms with Gasteiger partial charge in [-0.05, 0) is 30.9 Å². The second-order valence-electron chi connectivity index (χ2n) is 3.46. The SMILES string of the molecule is CCC(C)SCCC(C)CCCl. The van der Waals surface area contributed by atoms with Crippen LogP contribution < -0.4 is 0 Å². The Morgan fingerprint density at radius 2 is 1.92 bits per heavy atom. The lowest BCUT2D eigenvalue weighted by Crippen LogP contribution is -2.00. The number of thioether (sulfide) groups is 1. The van der Waals surface area contributed by atoms with Crippen molar-refractivity contribution in [1.29, 1.82) is 0 Å². The normalized spacial score (nSPS) is 16.0. The molecule has 0 aliphatic carbocycles. The Balaban J connectivity index is 3.18. The fourth-order valence-corrected chi connectivity index (χ4v) is 2.47. The summed E-state index contributed by atoms with van der Waals surface area (Å²) in [6, 6.07) is 0. The Labute approximate surface area is 86.5 Å². The van der Waals surface area contributed by atoms with E-state index in [0.29, 0.717) is 0 Å². The van der Waals surface area contributed by atoms with Crippen molar-refractivity contribution < 1.29 is 0 Å². The van der Waals surface area contributed by atoms with Crippen molar-refractivity contribution in [3.8, 4) is 0 Å². The summed E-state index contributed by atoms with van der Waals surface area (Å²) in [7, 11) is 0. The average Bonchev–Trinajstić information content (AvgIpc) is 2.04. The van der Waals surface area contributed by atoms with Crippen molar-refractivity contribution in [3.05, 3.63) is 0 Å². The van der Waals surface area contributed by atoms with Crippen LogP contribution in [0.1, 0.15) is 40.0 Å². The summed E-state index contributed by atoms with van der Waals surface area (Å²) in [4.78, 5) is 0. The highest BCUT2D eigenvalue weighted by atomic mass is 35.5. The van der Waals surface area contributed by atoms with E-state index >= 15 is 0 Å². The van der Waals surface area contributed by atoms with Crippen molar-refractivity contribution in [1.82, 2.24) is 0 Å². The predicted molar refractivity (Wildman–Crippen MR) is 61.3 cm³/mol. The third kappa shape index (κ3) is 7.30. The van der Waals surface area contributed by atoms with Crippen LogP contribution in [0.4, 0.5) is 0 Å². The van der Waals surface area contributed by atoms with E-state index in [2.05, 4.69) is 32.5 Å². The third-order valence-electron chi connectivity index (χ3n) is 2.19. The second-order valence-corrected chi connectivity index (χ2v) is 5.39. The molecule has 0 aliphatic heterocycles. The molecule has 2 unspecified atom stereocenters. The van der Waals surface area contributed by atoms with Gasteiger partial charge in [-0.15, -0.1) is 11.6 Å². The smallest absolute Gasteiger partial charge is 0.0225 e. The molecular weight excluding hydrogens is 188 g/mol. The molecule has 0 radical (unpaired) electrons. The molecule has 2 atom stereocenters. The number of rotatable bonds is 7. The van der Waals surface area contributed by atoms with Crippen LogP contribution in [0.15, 0.2) is 0 Å². The van der Waals surface area contributed by atoms with Crippen LogP contribution in [0.2, 0.25) is 0 Å². The fraction of sp³-hybridized carbons (Fsp3) is 1.00. The van der Waals surface area contributed by atoms with E-state index in [-0.39, 0.29) is 0 Å². The largest absolute Gasteiger partial charge is 0.159 e. The molecule has 74 valence electrons. The van der Waals surface area contributed by atoms with Crippen molar-refractivity contribution >= 4 is 23.4 Å². The summed E-state index contributed by atoms with van der Waals surface area (Å²) >= 11 is 7.75. The van der Waals surface area contributed by atoms with Crippen LogP contribution in [0.25, 0.3) is 0 Å². The minimum Gasteiger partial charge on any atom is -0.159 e. The van der Waals surface area contributed by atoms with Gasteiger partial charge < -0.3 is 0 Å². The molecule has 0 heterocycles. The number of hydrogen-bond donors (Lipinski definition) is 0. The fourth-order valence-electron chi connectivity index (χ4n) is 0.919. The van der Waals surface area contributed by atoms with Gasteiger partial charge in [-0.1, -0.05) is 20.8 Å². The summed E-state index contributed by atoms with van der Waals surface area (Å²) in [6.07, 6.45) is 3.78. The first-order valence-electron chi connectivity index (χ1n) is 4.88. The van der Waals surface area contributed by atoms with Gasteiger partial charge in [-0.3, -0.25) is 0 Å². The van der Waals surface area contributed by atoms with E-state index in [4.69, 9.17) is 11.6 Å². The van der Waals surface area contributed by atoms with Crippen molar-refractivity contribution in [2.24, 2.45) is 5.92 Å². The Hall–Kier alpha value is 0.640. The number of alkyl halides is 1. The summed E-state index contributed by atoms with van der Waals surface area (Å²) in [5.41, 5.74) is 0. The molecule has 0 amide bonds. The molecule has 0 fully saturated rings. The van der Waals surface area contributed by atoms with E-state index in [9.17, 15) is 0 Å². The van der Waals surface area contributed by atoms with Gasteiger partial charge >= 0.3 is 0 Å². The maximum absolute atomic E-state index is 5.66. The third-order valence-corrected chi connectivity index (χ3v) is 3.78. The van der Waals surface area contributed by atoms with E-state index in [1.807, 2.05) is 0 Å². The quantitative estimate of drug-likeness (QED) is 0.566. The molecule has 0 spiro atoms. The van der Waals surface area contributed by atoms with E-state index < -0.39 is 0 Å². The zero-order valence-corrected chi connectivity index (χ0v) is 10.0. The number of halogens is 1. The lowest BCUT2D eigenvalue weighted by atomic mass is 10.1. The molecule has 2 heteroatoms.